The van der Waals surface area contributed by atoms with E-state index in [9.17, 15) is 14.4 Å². The predicted octanol–water partition coefficient (Wildman–Crippen LogP) is 1.52. The Morgan fingerprint density at radius 3 is 2.62 bits per heavy atom. The minimum atomic E-state index is -1.24. The number of hydrogen-bond acceptors (Lipinski definition) is 6. The summed E-state index contributed by atoms with van der Waals surface area (Å²) in [5.41, 5.74) is 5.15. The van der Waals surface area contributed by atoms with Gasteiger partial charge >= 0.3 is 18.0 Å². The average Bonchev–Trinajstić information content (AvgIpc) is 3.09. The Hall–Kier alpha value is -2.61. The third kappa shape index (κ3) is 4.32. The van der Waals surface area contributed by atoms with Crippen LogP contribution in [0.3, 0.4) is 0 Å². The number of likely N-dealkylation sites (tertiary alicyclic amines) is 1. The molecule has 1 aromatic rings. The van der Waals surface area contributed by atoms with Gasteiger partial charge in [-0.25, -0.2) is 9.59 Å². The van der Waals surface area contributed by atoms with Gasteiger partial charge in [0.15, 0.2) is 0 Å². The van der Waals surface area contributed by atoms with Crippen molar-refractivity contribution in [3.8, 4) is 0 Å². The van der Waals surface area contributed by atoms with E-state index in [0.29, 0.717) is 19.4 Å². The number of esters is 1. The van der Waals surface area contributed by atoms with Gasteiger partial charge in [0.2, 0.25) is 0 Å². The monoisotopic (exact) mass is 364 g/mol. The summed E-state index contributed by atoms with van der Waals surface area (Å²) >= 11 is 0. The maximum Gasteiger partial charge on any atom is 0.411 e. The number of ether oxygens (including phenoxy) is 2. The van der Waals surface area contributed by atoms with Crippen LogP contribution >= 0.6 is 0 Å². The smallest absolute Gasteiger partial charge is 0.411 e. The Morgan fingerprint density at radius 2 is 2.00 bits per heavy atom. The summed E-state index contributed by atoms with van der Waals surface area (Å²) in [5, 5.41) is 8.97. The van der Waals surface area contributed by atoms with Gasteiger partial charge in [0.25, 0.3) is 0 Å². The SMILES string of the molecule is COC(=O)C1(CCC(N)C(=O)O)CCCN1C(=O)OCc1ccccc1. The van der Waals surface area contributed by atoms with E-state index in [4.69, 9.17) is 20.3 Å². The molecule has 3 N–H and O–H groups in total. The number of methoxy groups -OCH3 is 1. The average molecular weight is 364 g/mol. The van der Waals surface area contributed by atoms with Crippen molar-refractivity contribution in [1.82, 2.24) is 4.90 Å². The van der Waals surface area contributed by atoms with Crippen LogP contribution in [-0.4, -0.2) is 53.3 Å². The second kappa shape index (κ2) is 8.66. The zero-order chi connectivity index (χ0) is 19.2. The van der Waals surface area contributed by atoms with Crippen LogP contribution < -0.4 is 5.73 Å². The maximum atomic E-state index is 12.6. The Balaban J connectivity index is 2.11. The molecule has 0 bridgehead atoms. The molecule has 1 amide bonds. The summed E-state index contributed by atoms with van der Waals surface area (Å²) in [6, 6.07) is 8.09. The van der Waals surface area contributed by atoms with Crippen molar-refractivity contribution in [1.29, 1.82) is 0 Å². The fourth-order valence-electron chi connectivity index (χ4n) is 3.22. The van der Waals surface area contributed by atoms with E-state index >= 15 is 0 Å². The Morgan fingerprint density at radius 1 is 1.31 bits per heavy atom. The number of rotatable bonds is 7. The summed E-state index contributed by atoms with van der Waals surface area (Å²) in [6.07, 6.45) is 0.505. The van der Waals surface area contributed by atoms with Crippen molar-refractivity contribution >= 4 is 18.0 Å². The fraction of sp³-hybridized carbons (Fsp3) is 0.500. The van der Waals surface area contributed by atoms with Gasteiger partial charge in [0, 0.05) is 6.54 Å². The quantitative estimate of drug-likeness (QED) is 0.704. The number of carboxylic acid groups (broad SMARTS) is 1. The minimum absolute atomic E-state index is 0.0485. The van der Waals surface area contributed by atoms with E-state index in [0.717, 1.165) is 5.56 Å². The summed E-state index contributed by atoms with van der Waals surface area (Å²) in [4.78, 5) is 37.3. The van der Waals surface area contributed by atoms with Gasteiger partial charge in [0.05, 0.1) is 7.11 Å². The van der Waals surface area contributed by atoms with E-state index < -0.39 is 29.6 Å². The molecule has 1 aliphatic heterocycles. The van der Waals surface area contributed by atoms with E-state index in [2.05, 4.69) is 0 Å². The van der Waals surface area contributed by atoms with Gasteiger partial charge in [-0.05, 0) is 31.2 Å². The standard InChI is InChI=1S/C18H24N2O6/c1-25-16(23)18(10-8-14(19)15(21)22)9-5-11-20(18)17(24)26-12-13-6-3-2-4-7-13/h2-4,6-7,14H,5,8-12,19H2,1H3,(H,21,22). The van der Waals surface area contributed by atoms with Gasteiger partial charge in [-0.2, -0.15) is 0 Å². The van der Waals surface area contributed by atoms with Crippen LogP contribution in [0.25, 0.3) is 0 Å². The van der Waals surface area contributed by atoms with Crippen LogP contribution in [0.4, 0.5) is 4.79 Å². The number of carboxylic acids is 1. The lowest BCUT2D eigenvalue weighted by Gasteiger charge is -2.35. The lowest BCUT2D eigenvalue weighted by molar-refractivity contribution is -0.154. The molecule has 8 heteroatoms. The third-order valence-electron chi connectivity index (χ3n) is 4.67. The summed E-state index contributed by atoms with van der Waals surface area (Å²) < 4.78 is 10.2. The number of hydrogen-bond donors (Lipinski definition) is 2. The van der Waals surface area contributed by atoms with Crippen LogP contribution in [0, 0.1) is 0 Å². The molecule has 2 atom stereocenters. The number of amides is 1. The Labute approximate surface area is 151 Å². The molecule has 1 aliphatic rings. The third-order valence-corrected chi connectivity index (χ3v) is 4.67. The molecule has 1 heterocycles. The first kappa shape index (κ1) is 19.7. The predicted molar refractivity (Wildman–Crippen MR) is 92.2 cm³/mol. The number of carbonyl (C=O) groups is 3. The van der Waals surface area contributed by atoms with Crippen molar-refractivity contribution in [2.75, 3.05) is 13.7 Å². The number of nitrogens with two attached hydrogens (primary N) is 1. The summed E-state index contributed by atoms with van der Waals surface area (Å²) in [5.74, 6) is -1.73. The van der Waals surface area contributed by atoms with Crippen molar-refractivity contribution in [3.63, 3.8) is 0 Å². The molecule has 0 aliphatic carbocycles. The highest BCUT2D eigenvalue weighted by atomic mass is 16.6. The molecule has 0 spiro atoms. The second-order valence-electron chi connectivity index (χ2n) is 6.30. The van der Waals surface area contributed by atoms with E-state index in [1.165, 1.54) is 12.0 Å². The van der Waals surface area contributed by atoms with E-state index in [1.807, 2.05) is 30.3 Å². The van der Waals surface area contributed by atoms with Gasteiger partial charge in [-0.3, -0.25) is 9.69 Å². The van der Waals surface area contributed by atoms with Crippen molar-refractivity contribution in [2.24, 2.45) is 5.73 Å². The molecule has 1 aromatic carbocycles. The normalized spacial score (nSPS) is 20.5. The Kier molecular flexibility index (Phi) is 6.57. The van der Waals surface area contributed by atoms with Gasteiger partial charge in [0.1, 0.15) is 18.2 Å². The first-order chi connectivity index (χ1) is 12.4. The first-order valence-corrected chi connectivity index (χ1v) is 8.46. The maximum absolute atomic E-state index is 12.6. The number of nitrogens with zero attached hydrogens (tertiary/aromatic N) is 1. The highest BCUT2D eigenvalue weighted by molar-refractivity contribution is 5.86. The lowest BCUT2D eigenvalue weighted by Crippen LogP contribution is -2.54. The van der Waals surface area contributed by atoms with Gasteiger partial charge in [-0.15, -0.1) is 0 Å². The van der Waals surface area contributed by atoms with Crippen molar-refractivity contribution < 1.29 is 29.0 Å². The fourth-order valence-corrected chi connectivity index (χ4v) is 3.22. The Bertz CT molecular complexity index is 650. The molecule has 26 heavy (non-hydrogen) atoms. The van der Waals surface area contributed by atoms with Crippen molar-refractivity contribution in [3.05, 3.63) is 35.9 Å². The zero-order valence-corrected chi connectivity index (χ0v) is 14.7. The molecule has 2 unspecified atom stereocenters. The summed E-state index contributed by atoms with van der Waals surface area (Å²) in [6.45, 7) is 0.424. The molecular formula is C18H24N2O6. The van der Waals surface area contributed by atoms with Crippen LogP contribution in [0.1, 0.15) is 31.2 Å². The topological polar surface area (TPSA) is 119 Å². The zero-order valence-electron chi connectivity index (χ0n) is 14.7. The highest BCUT2D eigenvalue weighted by Crippen LogP contribution is 2.36. The van der Waals surface area contributed by atoms with Crippen LogP contribution in [0.5, 0.6) is 0 Å². The number of carbonyl (C=O) groups excluding carboxylic acids is 2. The first-order valence-electron chi connectivity index (χ1n) is 8.46. The van der Waals surface area contributed by atoms with Crippen LogP contribution in [-0.2, 0) is 25.7 Å². The highest BCUT2D eigenvalue weighted by Gasteiger charge is 2.51. The molecule has 2 rings (SSSR count). The molecule has 8 nitrogen and oxygen atoms in total. The number of aliphatic carboxylic acids is 1. The summed E-state index contributed by atoms with van der Waals surface area (Å²) in [7, 11) is 1.24. The minimum Gasteiger partial charge on any atom is -0.480 e. The van der Waals surface area contributed by atoms with Gasteiger partial charge < -0.3 is 20.3 Å². The van der Waals surface area contributed by atoms with Gasteiger partial charge in [-0.1, -0.05) is 30.3 Å². The molecule has 1 saturated heterocycles. The van der Waals surface area contributed by atoms with E-state index in [-0.39, 0.29) is 19.4 Å². The molecule has 1 fully saturated rings. The molecular weight excluding hydrogens is 340 g/mol. The van der Waals surface area contributed by atoms with E-state index in [1.54, 1.807) is 0 Å². The van der Waals surface area contributed by atoms with Crippen molar-refractivity contribution in [2.45, 2.75) is 43.9 Å². The van der Waals surface area contributed by atoms with Crippen LogP contribution in [0.2, 0.25) is 0 Å². The number of benzene rings is 1. The second-order valence-corrected chi connectivity index (χ2v) is 6.30. The largest absolute Gasteiger partial charge is 0.480 e. The molecule has 0 saturated carbocycles. The molecule has 0 aromatic heterocycles. The van der Waals surface area contributed by atoms with Crippen LogP contribution in [0.15, 0.2) is 30.3 Å². The molecule has 142 valence electrons. The molecule has 0 radical (unpaired) electrons. The lowest BCUT2D eigenvalue weighted by atomic mass is 9.88.